The number of nitrogens with zero attached hydrogens (tertiary/aromatic N) is 2. The van der Waals surface area contributed by atoms with E-state index in [1.54, 1.807) is 28.4 Å². The number of ketones is 2. The van der Waals surface area contributed by atoms with Gasteiger partial charge in [0.25, 0.3) is 0 Å². The van der Waals surface area contributed by atoms with Crippen molar-refractivity contribution in [2.24, 2.45) is 0 Å². The van der Waals surface area contributed by atoms with E-state index in [2.05, 4.69) is 66.4 Å². The molecule has 5 aliphatic rings. The molecule has 6 aromatic rings. The summed E-state index contributed by atoms with van der Waals surface area (Å²) in [7, 11) is 11.1. The smallest absolute Gasteiger partial charge is 0.204 e. The molecule has 2 unspecified atom stereocenters. The van der Waals surface area contributed by atoms with E-state index in [1.807, 2.05) is 18.2 Å². The number of hydrogen-bond donors (Lipinski definition) is 4. The van der Waals surface area contributed by atoms with Gasteiger partial charge in [0.2, 0.25) is 17.3 Å². The van der Waals surface area contributed by atoms with Gasteiger partial charge < -0.3 is 48.8 Å². The molecule has 1 aliphatic carbocycles. The van der Waals surface area contributed by atoms with Crippen LogP contribution in [0.3, 0.4) is 0 Å². The average molecular weight is 923 g/mol. The molecule has 352 valence electrons. The maximum absolute atomic E-state index is 12.6. The van der Waals surface area contributed by atoms with E-state index in [4.69, 9.17) is 28.4 Å². The van der Waals surface area contributed by atoms with E-state index in [1.165, 1.54) is 36.1 Å². The van der Waals surface area contributed by atoms with Crippen molar-refractivity contribution in [3.05, 3.63) is 140 Å². The number of carbonyl (C=O) groups is 2. The first kappa shape index (κ1) is 45.7. The van der Waals surface area contributed by atoms with Crippen LogP contribution in [0.4, 0.5) is 0 Å². The van der Waals surface area contributed by atoms with Gasteiger partial charge in [-0.15, -0.1) is 0 Å². The number of fused-ring (bicyclic) bond motifs is 4. The molecular weight excluding hydrogens is 869 g/mol. The standard InChI is InChI=1S/C38H42N2O6.C16H12O6/c1-39-15-13-25-20-32(42-4)34-22-28(25)29(39)17-23-7-10-27(11-8-23)45-33-19-24(9-12-31(33)41-3)18-30-36-26(14-16-40(30)2)21-35(43-5)37(44-6)38(36)46-34;1-5-3-7(17)9-11(13(5)19)15(21)10-8(18)4-6(2)14(20)12(10)16(9)22/h7-12,19-22,29-30H,13-18H2,1-6H3;3-4,17-20H,1-2H3. The van der Waals surface area contributed by atoms with Crippen molar-refractivity contribution in [3.63, 3.8) is 0 Å². The summed E-state index contributed by atoms with van der Waals surface area (Å²) in [6.07, 6.45) is 3.37. The first-order chi connectivity index (χ1) is 32.6. The third-order valence-corrected chi connectivity index (χ3v) is 13.7. The molecule has 0 saturated heterocycles. The van der Waals surface area contributed by atoms with Crippen molar-refractivity contribution in [3.8, 4) is 69.0 Å². The Hall–Kier alpha value is -7.42. The van der Waals surface area contributed by atoms with Crippen LogP contribution in [0.15, 0.2) is 72.8 Å². The average Bonchev–Trinajstić information content (AvgIpc) is 3.32. The number of likely N-dealkylation sites (N-methyl/N-ethyl adjacent to an activating group) is 2. The predicted octanol–water partition coefficient (Wildman–Crippen LogP) is 9.06. The summed E-state index contributed by atoms with van der Waals surface area (Å²) in [4.78, 5) is 30.0. The lowest BCUT2D eigenvalue weighted by Crippen LogP contribution is -2.34. The number of carbonyl (C=O) groups excluding carboxylic acids is 2. The number of methoxy groups -OCH3 is 4. The third kappa shape index (κ3) is 7.82. The number of phenols is 4. The van der Waals surface area contributed by atoms with Gasteiger partial charge in [0.05, 0.1) is 50.7 Å². The van der Waals surface area contributed by atoms with Gasteiger partial charge in [-0.25, -0.2) is 0 Å². The monoisotopic (exact) mass is 922 g/mol. The summed E-state index contributed by atoms with van der Waals surface area (Å²) in [5.74, 6) is 1.97. The van der Waals surface area contributed by atoms with Gasteiger partial charge in [0, 0.05) is 30.7 Å². The largest absolute Gasteiger partial charge is 0.507 e. The summed E-state index contributed by atoms with van der Waals surface area (Å²) >= 11 is 0. The van der Waals surface area contributed by atoms with E-state index >= 15 is 0 Å². The molecule has 0 aromatic heterocycles. The summed E-state index contributed by atoms with van der Waals surface area (Å²) in [6.45, 7) is 4.79. The van der Waals surface area contributed by atoms with Crippen LogP contribution in [0.1, 0.15) is 88.4 Å². The first-order valence-electron chi connectivity index (χ1n) is 22.4. The van der Waals surface area contributed by atoms with Gasteiger partial charge in [-0.1, -0.05) is 18.2 Å². The minimum atomic E-state index is -0.825. The SMILES string of the molecule is COc1ccc2cc1Oc1ccc(cc1)CC1c3cc(c(OC)cc3CCN1C)Oc1c(OC)c(OC)cc3c1C(C2)N(C)CC3.Cc1cc(O)c2c(c1O)C(=O)c1c(O)cc(C)c(O)c1C2=O. The zero-order chi connectivity index (χ0) is 48.3. The Morgan fingerprint density at radius 2 is 1.09 bits per heavy atom. The molecule has 0 saturated carbocycles. The highest BCUT2D eigenvalue weighted by atomic mass is 16.5. The highest BCUT2D eigenvalue weighted by molar-refractivity contribution is 6.32. The van der Waals surface area contributed by atoms with Gasteiger partial charge in [-0.3, -0.25) is 19.4 Å². The van der Waals surface area contributed by atoms with Gasteiger partial charge in [-0.2, -0.15) is 0 Å². The molecule has 2 atom stereocenters. The van der Waals surface area contributed by atoms with E-state index in [-0.39, 0.29) is 45.5 Å². The minimum absolute atomic E-state index is 0.000437. The van der Waals surface area contributed by atoms with Gasteiger partial charge in [-0.05, 0) is 147 Å². The van der Waals surface area contributed by atoms with Crippen LogP contribution in [0.5, 0.6) is 69.0 Å². The van der Waals surface area contributed by atoms with Crippen LogP contribution < -0.4 is 28.4 Å². The normalized spacial score (nSPS) is 17.2. The van der Waals surface area contributed by atoms with Crippen LogP contribution in [-0.4, -0.2) is 97.4 Å². The van der Waals surface area contributed by atoms with Crippen LogP contribution in [0.2, 0.25) is 0 Å². The van der Waals surface area contributed by atoms with E-state index in [0.29, 0.717) is 40.2 Å². The third-order valence-electron chi connectivity index (χ3n) is 13.7. The molecule has 0 fully saturated rings. The molecule has 6 aromatic carbocycles. The fourth-order valence-corrected chi connectivity index (χ4v) is 10.0. The molecule has 4 aliphatic heterocycles. The van der Waals surface area contributed by atoms with Gasteiger partial charge in [0.15, 0.2) is 34.5 Å². The van der Waals surface area contributed by atoms with Gasteiger partial charge in [0.1, 0.15) is 28.7 Å². The topological polar surface area (TPSA) is 177 Å². The fraction of sp³-hybridized carbons (Fsp3) is 0.296. The molecule has 6 bridgehead atoms. The molecule has 4 heterocycles. The number of benzene rings is 6. The first-order valence-corrected chi connectivity index (χ1v) is 22.4. The highest BCUT2D eigenvalue weighted by Gasteiger charge is 2.40. The van der Waals surface area contributed by atoms with E-state index in [9.17, 15) is 30.0 Å². The molecule has 14 nitrogen and oxygen atoms in total. The second-order valence-electron chi connectivity index (χ2n) is 17.7. The Bertz CT molecular complexity index is 2940. The van der Waals surface area contributed by atoms with Crippen molar-refractivity contribution in [1.29, 1.82) is 0 Å². The van der Waals surface area contributed by atoms with E-state index in [0.717, 1.165) is 67.8 Å². The van der Waals surface area contributed by atoms with Gasteiger partial charge >= 0.3 is 0 Å². The molecule has 0 radical (unpaired) electrons. The van der Waals surface area contributed by atoms with Crippen molar-refractivity contribution >= 4 is 11.6 Å². The number of hydrogen-bond acceptors (Lipinski definition) is 14. The molecular formula is C54H54N2O12. The van der Waals surface area contributed by atoms with E-state index < -0.39 is 34.6 Å². The summed E-state index contributed by atoms with van der Waals surface area (Å²) < 4.78 is 37.1. The van der Waals surface area contributed by atoms with Crippen LogP contribution in [0, 0.1) is 13.8 Å². The Labute approximate surface area is 394 Å². The van der Waals surface area contributed by atoms with Crippen molar-refractivity contribution in [2.45, 2.75) is 51.6 Å². The fourth-order valence-electron chi connectivity index (χ4n) is 10.0. The second kappa shape index (κ2) is 18.0. The second-order valence-corrected chi connectivity index (χ2v) is 17.7. The lowest BCUT2D eigenvalue weighted by atomic mass is 9.80. The summed E-state index contributed by atoms with van der Waals surface area (Å²) in [5, 5.41) is 40.1. The Morgan fingerprint density at radius 3 is 1.68 bits per heavy atom. The van der Waals surface area contributed by atoms with Crippen molar-refractivity contribution in [1.82, 2.24) is 9.80 Å². The number of ether oxygens (including phenoxy) is 6. The number of phenolic OH excluding ortho intramolecular Hbond substituents is 4. The maximum atomic E-state index is 12.6. The lowest BCUT2D eigenvalue weighted by Gasteiger charge is -2.37. The zero-order valence-corrected chi connectivity index (χ0v) is 39.3. The predicted molar refractivity (Wildman–Crippen MR) is 254 cm³/mol. The Balaban J connectivity index is 0.000000219. The Kier molecular flexibility index (Phi) is 12.1. The molecule has 0 spiro atoms. The summed E-state index contributed by atoms with van der Waals surface area (Å²) in [5.41, 5.74) is 6.11. The number of rotatable bonds is 4. The zero-order valence-electron chi connectivity index (χ0n) is 39.3. The molecule has 4 N–H and O–H groups in total. The lowest BCUT2D eigenvalue weighted by molar-refractivity contribution is 0.0969. The molecule has 11 rings (SSSR count). The highest BCUT2D eigenvalue weighted by Crippen LogP contribution is 2.52. The van der Waals surface area contributed by atoms with Crippen LogP contribution in [-0.2, 0) is 25.7 Å². The molecule has 0 amide bonds. The number of aromatic hydroxyl groups is 4. The van der Waals surface area contributed by atoms with Crippen LogP contribution >= 0.6 is 0 Å². The molecule has 68 heavy (non-hydrogen) atoms. The number of aryl methyl sites for hydroxylation is 2. The Morgan fingerprint density at radius 1 is 0.559 bits per heavy atom. The van der Waals surface area contributed by atoms with Crippen molar-refractivity contribution in [2.75, 3.05) is 55.6 Å². The maximum Gasteiger partial charge on any atom is 0.204 e. The molecule has 14 heteroatoms. The quantitative estimate of drug-likeness (QED) is 0.123. The summed E-state index contributed by atoms with van der Waals surface area (Å²) in [6, 6.07) is 23.5. The van der Waals surface area contributed by atoms with Crippen LogP contribution in [0.25, 0.3) is 0 Å². The minimum Gasteiger partial charge on any atom is -0.507 e. The van der Waals surface area contributed by atoms with Crippen molar-refractivity contribution < 1.29 is 58.4 Å².